The van der Waals surface area contributed by atoms with Crippen molar-refractivity contribution in [3.63, 3.8) is 0 Å². The predicted molar refractivity (Wildman–Crippen MR) is 49.5 cm³/mol. The molecule has 0 radical (unpaired) electrons. The van der Waals surface area contributed by atoms with Gasteiger partial charge in [0.15, 0.2) is 0 Å². The number of rotatable bonds is 1. The second-order valence-corrected chi connectivity index (χ2v) is 2.13. The molecule has 1 aromatic rings. The molecule has 1 aromatic heterocycles. The summed E-state index contributed by atoms with van der Waals surface area (Å²) in [6, 6.07) is 3.44. The summed E-state index contributed by atoms with van der Waals surface area (Å²) in [5.41, 5.74) is 14.6. The lowest BCUT2D eigenvalue weighted by Gasteiger charge is -1.92. The van der Waals surface area contributed by atoms with E-state index in [4.69, 9.17) is 11.3 Å². The first-order chi connectivity index (χ1) is 6.34. The van der Waals surface area contributed by atoms with Crippen LogP contribution < -0.4 is 5.73 Å². The van der Waals surface area contributed by atoms with Gasteiger partial charge in [-0.3, -0.25) is 0 Å². The number of anilines is 1. The number of nitrogens with zero attached hydrogens (tertiary/aromatic N) is 4. The molecule has 0 aliphatic rings. The summed E-state index contributed by atoms with van der Waals surface area (Å²) in [5, 5.41) is 3.25. The molecule has 0 unspecified atom stereocenters. The Morgan fingerprint density at radius 2 is 2.54 bits per heavy atom. The summed E-state index contributed by atoms with van der Waals surface area (Å²) in [4.78, 5) is 6.50. The number of azide groups is 1. The molecule has 0 spiro atoms. The Morgan fingerprint density at radius 3 is 3.23 bits per heavy atom. The molecule has 1 heterocycles. The molecule has 0 saturated carbocycles. The molecule has 0 aromatic carbocycles. The van der Waals surface area contributed by atoms with Crippen LogP contribution in [0.2, 0.25) is 0 Å². The van der Waals surface area contributed by atoms with E-state index in [-0.39, 0.29) is 6.54 Å². The lowest BCUT2D eigenvalue weighted by molar-refractivity contribution is 1.24. The van der Waals surface area contributed by atoms with Crippen molar-refractivity contribution in [2.45, 2.75) is 0 Å². The van der Waals surface area contributed by atoms with Crippen molar-refractivity contribution in [1.82, 2.24) is 4.98 Å². The molecule has 13 heavy (non-hydrogen) atoms. The molecule has 0 aliphatic carbocycles. The molecule has 64 valence electrons. The summed E-state index contributed by atoms with van der Waals surface area (Å²) in [6.07, 6.45) is 1.61. The van der Waals surface area contributed by atoms with Gasteiger partial charge in [0.1, 0.15) is 5.69 Å². The van der Waals surface area contributed by atoms with Gasteiger partial charge in [0, 0.05) is 11.1 Å². The molecule has 0 amide bonds. The number of aromatic nitrogens is 1. The van der Waals surface area contributed by atoms with Crippen LogP contribution in [0.5, 0.6) is 0 Å². The molecule has 1 rings (SSSR count). The quantitative estimate of drug-likeness (QED) is 0.300. The first-order valence-corrected chi connectivity index (χ1v) is 3.55. The average Bonchev–Trinajstić information content (AvgIpc) is 2.15. The third-order valence-electron chi connectivity index (χ3n) is 1.26. The number of pyridine rings is 1. The Kier molecular flexibility index (Phi) is 3.19. The number of hydrogen-bond acceptors (Lipinski definition) is 3. The summed E-state index contributed by atoms with van der Waals surface area (Å²) >= 11 is 0. The second kappa shape index (κ2) is 4.65. The van der Waals surface area contributed by atoms with Crippen molar-refractivity contribution in [3.05, 3.63) is 34.5 Å². The van der Waals surface area contributed by atoms with Crippen molar-refractivity contribution < 1.29 is 0 Å². The van der Waals surface area contributed by atoms with Crippen LogP contribution in [0.1, 0.15) is 5.69 Å². The van der Waals surface area contributed by atoms with E-state index in [1.54, 1.807) is 18.3 Å². The molecule has 0 fully saturated rings. The molecule has 0 saturated heterocycles. The van der Waals surface area contributed by atoms with Gasteiger partial charge in [0.2, 0.25) is 0 Å². The minimum atomic E-state index is 0.131. The fraction of sp³-hybridized carbons (Fsp3) is 0.125. The van der Waals surface area contributed by atoms with Gasteiger partial charge in [0.05, 0.1) is 12.2 Å². The maximum Gasteiger partial charge on any atom is 0.136 e. The highest BCUT2D eigenvalue weighted by atomic mass is 15.1. The highest BCUT2D eigenvalue weighted by molar-refractivity contribution is 5.51. The molecule has 0 aliphatic heterocycles. The van der Waals surface area contributed by atoms with Crippen LogP contribution in [0.25, 0.3) is 10.4 Å². The van der Waals surface area contributed by atoms with Crippen molar-refractivity contribution in [2.75, 3.05) is 12.3 Å². The zero-order chi connectivity index (χ0) is 9.52. The van der Waals surface area contributed by atoms with E-state index in [9.17, 15) is 0 Å². The summed E-state index contributed by atoms with van der Waals surface area (Å²) in [5.74, 6) is 5.33. The number of nitrogen functional groups attached to an aromatic ring is 1. The van der Waals surface area contributed by atoms with E-state index >= 15 is 0 Å². The largest absolute Gasteiger partial charge is 0.396 e. The monoisotopic (exact) mass is 173 g/mol. The van der Waals surface area contributed by atoms with E-state index < -0.39 is 0 Å². The van der Waals surface area contributed by atoms with Crippen LogP contribution in [0.3, 0.4) is 0 Å². The van der Waals surface area contributed by atoms with Crippen LogP contribution in [-0.4, -0.2) is 11.5 Å². The maximum absolute atomic E-state index is 7.97. The van der Waals surface area contributed by atoms with Gasteiger partial charge in [-0.15, -0.1) is 0 Å². The third kappa shape index (κ3) is 2.73. The first-order valence-electron chi connectivity index (χ1n) is 3.55. The zero-order valence-electron chi connectivity index (χ0n) is 6.81. The zero-order valence-corrected chi connectivity index (χ0v) is 6.81. The topological polar surface area (TPSA) is 87.7 Å². The molecule has 5 heteroatoms. The van der Waals surface area contributed by atoms with Crippen molar-refractivity contribution in [1.29, 1.82) is 0 Å². The van der Waals surface area contributed by atoms with Gasteiger partial charge < -0.3 is 5.73 Å². The Balaban J connectivity index is 2.77. The Hall–Kier alpha value is -2.18. The lowest BCUT2D eigenvalue weighted by Crippen LogP contribution is -1.92. The fourth-order valence-corrected chi connectivity index (χ4v) is 0.712. The highest BCUT2D eigenvalue weighted by Crippen LogP contribution is 2.03. The van der Waals surface area contributed by atoms with E-state index in [2.05, 4.69) is 26.9 Å². The van der Waals surface area contributed by atoms with E-state index in [0.717, 1.165) is 0 Å². The molecular weight excluding hydrogens is 166 g/mol. The standard InChI is InChI=1S/C8H7N5/c9-7-3-1-5-11-8(7)4-2-6-12-13-10/h1,3,5H,6,9H2. The third-order valence-corrected chi connectivity index (χ3v) is 1.26. The molecule has 0 bridgehead atoms. The average molecular weight is 173 g/mol. The van der Waals surface area contributed by atoms with Gasteiger partial charge in [-0.1, -0.05) is 11.0 Å². The van der Waals surface area contributed by atoms with E-state index in [0.29, 0.717) is 11.4 Å². The predicted octanol–water partition coefficient (Wildman–Crippen LogP) is 1.33. The Labute approximate surface area is 75.2 Å². The number of hydrogen-bond donors (Lipinski definition) is 1. The number of nitrogens with two attached hydrogens (primary N) is 1. The lowest BCUT2D eigenvalue weighted by atomic mass is 10.3. The summed E-state index contributed by atoms with van der Waals surface area (Å²) in [7, 11) is 0. The highest BCUT2D eigenvalue weighted by Gasteiger charge is 1.91. The normalized spacial score (nSPS) is 8.00. The maximum atomic E-state index is 7.97. The van der Waals surface area contributed by atoms with E-state index in [1.165, 1.54) is 0 Å². The van der Waals surface area contributed by atoms with Crippen LogP contribution in [0.4, 0.5) is 5.69 Å². The van der Waals surface area contributed by atoms with Gasteiger partial charge in [-0.05, 0) is 23.6 Å². The van der Waals surface area contributed by atoms with Crippen molar-refractivity contribution in [3.8, 4) is 11.8 Å². The van der Waals surface area contributed by atoms with Crippen LogP contribution in [0, 0.1) is 11.8 Å². The smallest absolute Gasteiger partial charge is 0.136 e. The van der Waals surface area contributed by atoms with Gasteiger partial charge >= 0.3 is 0 Å². The Morgan fingerprint density at radius 1 is 1.69 bits per heavy atom. The SMILES string of the molecule is [N-]=[N+]=NCC#Cc1ncccc1N. The summed E-state index contributed by atoms with van der Waals surface area (Å²) < 4.78 is 0. The van der Waals surface area contributed by atoms with Crippen LogP contribution in [0.15, 0.2) is 23.4 Å². The molecular formula is C8H7N5. The van der Waals surface area contributed by atoms with Gasteiger partial charge in [-0.25, -0.2) is 4.98 Å². The van der Waals surface area contributed by atoms with Crippen LogP contribution >= 0.6 is 0 Å². The minimum absolute atomic E-state index is 0.131. The molecule has 2 N–H and O–H groups in total. The van der Waals surface area contributed by atoms with Gasteiger partial charge in [-0.2, -0.15) is 0 Å². The molecule has 0 atom stereocenters. The Bertz CT molecular complexity index is 394. The van der Waals surface area contributed by atoms with Crippen LogP contribution in [-0.2, 0) is 0 Å². The van der Waals surface area contributed by atoms with Crippen molar-refractivity contribution >= 4 is 5.69 Å². The van der Waals surface area contributed by atoms with Gasteiger partial charge in [0.25, 0.3) is 0 Å². The summed E-state index contributed by atoms with van der Waals surface area (Å²) in [6.45, 7) is 0.131. The molecule has 5 nitrogen and oxygen atoms in total. The van der Waals surface area contributed by atoms with E-state index in [1.807, 2.05) is 0 Å². The minimum Gasteiger partial charge on any atom is -0.396 e. The second-order valence-electron chi connectivity index (χ2n) is 2.13. The fourth-order valence-electron chi connectivity index (χ4n) is 0.712. The van der Waals surface area contributed by atoms with Crippen molar-refractivity contribution in [2.24, 2.45) is 5.11 Å². The first kappa shape index (κ1) is 8.91.